The standard InChI is InChI=1S/C10H10FIO.C10H9FO/c1-2-6-13-7-8-9(11)4-3-5-10(8)12;1-7-5-12-6-9-8(7)3-2-4-10(9)11/h2-5H,1,6-7H2;2-4H,1,5-6H2. The minimum absolute atomic E-state index is 0.201. The summed E-state index contributed by atoms with van der Waals surface area (Å²) >= 11 is 2.09. The van der Waals surface area contributed by atoms with Gasteiger partial charge in [-0.25, -0.2) is 8.78 Å². The lowest BCUT2D eigenvalue weighted by atomic mass is 9.99. The summed E-state index contributed by atoms with van der Waals surface area (Å²) < 4.78 is 37.5. The number of rotatable bonds is 4. The number of ether oxygens (including phenoxy) is 2. The Hall–Kier alpha value is -1.57. The predicted molar refractivity (Wildman–Crippen MR) is 104 cm³/mol. The number of benzene rings is 2. The fraction of sp³-hybridized carbons (Fsp3) is 0.200. The molecular weight excluding hydrogens is 437 g/mol. The van der Waals surface area contributed by atoms with Gasteiger partial charge in [0.2, 0.25) is 0 Å². The molecule has 0 atom stereocenters. The Kier molecular flexibility index (Phi) is 7.74. The smallest absolute Gasteiger partial charge is 0.129 e. The van der Waals surface area contributed by atoms with Gasteiger partial charge in [0, 0.05) is 14.7 Å². The zero-order chi connectivity index (χ0) is 18.2. The van der Waals surface area contributed by atoms with Crippen molar-refractivity contribution in [2.24, 2.45) is 0 Å². The molecule has 25 heavy (non-hydrogen) atoms. The molecule has 2 aromatic carbocycles. The van der Waals surface area contributed by atoms with Gasteiger partial charge in [-0.2, -0.15) is 0 Å². The Morgan fingerprint density at radius 2 is 1.84 bits per heavy atom. The van der Waals surface area contributed by atoms with Crippen LogP contribution in [0.4, 0.5) is 8.78 Å². The average molecular weight is 456 g/mol. The van der Waals surface area contributed by atoms with Gasteiger partial charge in [-0.15, -0.1) is 6.58 Å². The van der Waals surface area contributed by atoms with E-state index in [1.165, 1.54) is 12.1 Å². The van der Waals surface area contributed by atoms with Crippen LogP contribution in [0.3, 0.4) is 0 Å². The molecule has 0 bridgehead atoms. The first-order chi connectivity index (χ1) is 12.0. The van der Waals surface area contributed by atoms with E-state index in [0.717, 1.165) is 14.7 Å². The van der Waals surface area contributed by atoms with Crippen molar-refractivity contribution in [3.05, 3.63) is 87.5 Å². The minimum atomic E-state index is -0.212. The molecule has 0 spiro atoms. The van der Waals surface area contributed by atoms with Crippen molar-refractivity contribution in [2.45, 2.75) is 13.2 Å². The van der Waals surface area contributed by atoms with E-state index in [1.54, 1.807) is 18.2 Å². The molecule has 0 unspecified atom stereocenters. The Morgan fingerprint density at radius 1 is 1.12 bits per heavy atom. The van der Waals surface area contributed by atoms with Crippen LogP contribution >= 0.6 is 22.6 Å². The van der Waals surface area contributed by atoms with Crippen LogP contribution in [0.5, 0.6) is 0 Å². The summed E-state index contributed by atoms with van der Waals surface area (Å²) in [5.41, 5.74) is 3.01. The van der Waals surface area contributed by atoms with E-state index in [9.17, 15) is 8.78 Å². The van der Waals surface area contributed by atoms with E-state index in [0.29, 0.717) is 37.6 Å². The third-order valence-corrected chi connectivity index (χ3v) is 4.58. The molecule has 2 aromatic rings. The van der Waals surface area contributed by atoms with E-state index in [-0.39, 0.29) is 11.6 Å². The number of halogens is 3. The molecule has 1 aliphatic heterocycles. The predicted octanol–water partition coefficient (Wildman–Crippen LogP) is 5.50. The van der Waals surface area contributed by atoms with Gasteiger partial charge in [-0.05, 0) is 51.9 Å². The summed E-state index contributed by atoms with van der Waals surface area (Å²) in [7, 11) is 0. The van der Waals surface area contributed by atoms with E-state index in [4.69, 9.17) is 9.47 Å². The van der Waals surface area contributed by atoms with Crippen molar-refractivity contribution in [2.75, 3.05) is 13.2 Å². The first-order valence-corrected chi connectivity index (χ1v) is 8.77. The Labute approximate surface area is 160 Å². The molecule has 2 nitrogen and oxygen atoms in total. The number of fused-ring (bicyclic) bond motifs is 1. The highest BCUT2D eigenvalue weighted by molar-refractivity contribution is 14.1. The highest BCUT2D eigenvalue weighted by atomic mass is 127. The van der Waals surface area contributed by atoms with Crippen molar-refractivity contribution in [3.8, 4) is 0 Å². The van der Waals surface area contributed by atoms with Gasteiger partial charge in [0.05, 0.1) is 26.4 Å². The monoisotopic (exact) mass is 456 g/mol. The molecule has 1 aliphatic rings. The van der Waals surface area contributed by atoms with Crippen LogP contribution in [0.15, 0.2) is 55.6 Å². The first kappa shape index (κ1) is 19.8. The number of hydrogen-bond acceptors (Lipinski definition) is 2. The Morgan fingerprint density at radius 3 is 2.52 bits per heavy atom. The van der Waals surface area contributed by atoms with Crippen LogP contribution in [0, 0.1) is 15.2 Å². The molecule has 0 radical (unpaired) electrons. The summed E-state index contributed by atoms with van der Waals surface area (Å²) in [6, 6.07) is 10.0. The van der Waals surface area contributed by atoms with Gasteiger partial charge < -0.3 is 9.47 Å². The summed E-state index contributed by atoms with van der Waals surface area (Å²) in [6.45, 7) is 8.94. The van der Waals surface area contributed by atoms with Crippen molar-refractivity contribution in [1.29, 1.82) is 0 Å². The zero-order valence-electron chi connectivity index (χ0n) is 13.7. The third-order valence-electron chi connectivity index (χ3n) is 3.57. The van der Waals surface area contributed by atoms with E-state index >= 15 is 0 Å². The lowest BCUT2D eigenvalue weighted by molar-refractivity contribution is 0.143. The van der Waals surface area contributed by atoms with Crippen LogP contribution in [0.25, 0.3) is 5.57 Å². The second-order valence-corrected chi connectivity index (χ2v) is 6.53. The fourth-order valence-electron chi connectivity index (χ4n) is 2.31. The second kappa shape index (κ2) is 9.79. The molecule has 0 N–H and O–H groups in total. The molecule has 0 saturated carbocycles. The molecule has 0 saturated heterocycles. The van der Waals surface area contributed by atoms with E-state index < -0.39 is 0 Å². The normalized spacial score (nSPS) is 12.8. The van der Waals surface area contributed by atoms with Gasteiger partial charge in [0.25, 0.3) is 0 Å². The highest BCUT2D eigenvalue weighted by Crippen LogP contribution is 2.25. The van der Waals surface area contributed by atoms with E-state index in [1.807, 2.05) is 12.1 Å². The molecule has 3 rings (SSSR count). The van der Waals surface area contributed by atoms with Crippen LogP contribution in [0.1, 0.15) is 16.7 Å². The van der Waals surface area contributed by atoms with Gasteiger partial charge in [0.1, 0.15) is 11.6 Å². The molecule has 0 fully saturated rings. The molecule has 0 aliphatic carbocycles. The maximum Gasteiger partial charge on any atom is 0.129 e. The van der Waals surface area contributed by atoms with Gasteiger partial charge in [0.15, 0.2) is 0 Å². The summed E-state index contributed by atoms with van der Waals surface area (Å²) in [4.78, 5) is 0. The van der Waals surface area contributed by atoms with E-state index in [2.05, 4.69) is 35.7 Å². The maximum atomic E-state index is 13.2. The van der Waals surface area contributed by atoms with Crippen LogP contribution in [-0.2, 0) is 22.7 Å². The summed E-state index contributed by atoms with van der Waals surface area (Å²) in [5, 5.41) is 0. The summed E-state index contributed by atoms with van der Waals surface area (Å²) in [6.07, 6.45) is 1.65. The Balaban J connectivity index is 0.000000181. The van der Waals surface area contributed by atoms with Crippen molar-refractivity contribution in [1.82, 2.24) is 0 Å². The fourth-order valence-corrected chi connectivity index (χ4v) is 2.93. The highest BCUT2D eigenvalue weighted by Gasteiger charge is 2.15. The third kappa shape index (κ3) is 5.45. The number of hydrogen-bond donors (Lipinski definition) is 0. The maximum absolute atomic E-state index is 13.2. The molecule has 5 heteroatoms. The summed E-state index contributed by atoms with van der Waals surface area (Å²) in [5.74, 6) is -0.413. The lowest BCUT2D eigenvalue weighted by Gasteiger charge is -2.18. The van der Waals surface area contributed by atoms with Crippen molar-refractivity contribution < 1.29 is 18.3 Å². The van der Waals surface area contributed by atoms with Gasteiger partial charge in [-0.1, -0.05) is 30.9 Å². The molecule has 132 valence electrons. The van der Waals surface area contributed by atoms with Crippen molar-refractivity contribution >= 4 is 28.2 Å². The molecule has 0 amide bonds. The second-order valence-electron chi connectivity index (χ2n) is 5.37. The lowest BCUT2D eigenvalue weighted by Crippen LogP contribution is -2.09. The van der Waals surface area contributed by atoms with Gasteiger partial charge in [-0.3, -0.25) is 0 Å². The quantitative estimate of drug-likeness (QED) is 0.344. The van der Waals surface area contributed by atoms with Crippen LogP contribution < -0.4 is 0 Å². The van der Waals surface area contributed by atoms with Gasteiger partial charge >= 0.3 is 0 Å². The zero-order valence-corrected chi connectivity index (χ0v) is 15.9. The Bertz CT molecular complexity index is 739. The molecular formula is C20H19F2IO2. The SMILES string of the molecule is C=C1COCc2c(F)cccc21.C=CCOCc1c(F)cccc1I. The largest absolute Gasteiger partial charge is 0.373 e. The van der Waals surface area contributed by atoms with Crippen molar-refractivity contribution in [3.63, 3.8) is 0 Å². The minimum Gasteiger partial charge on any atom is -0.373 e. The molecule has 1 heterocycles. The topological polar surface area (TPSA) is 18.5 Å². The van der Waals surface area contributed by atoms with Crippen LogP contribution in [-0.4, -0.2) is 13.2 Å². The average Bonchev–Trinajstić information content (AvgIpc) is 2.59. The first-order valence-electron chi connectivity index (χ1n) is 7.69. The van der Waals surface area contributed by atoms with Crippen LogP contribution in [0.2, 0.25) is 0 Å². The molecule has 0 aromatic heterocycles.